The van der Waals surface area contributed by atoms with Crippen molar-refractivity contribution in [2.75, 3.05) is 59.9 Å². The van der Waals surface area contributed by atoms with Crippen molar-refractivity contribution < 1.29 is 9.59 Å². The van der Waals surface area contributed by atoms with Crippen molar-refractivity contribution in [3.63, 3.8) is 0 Å². The molecule has 0 spiro atoms. The lowest BCUT2D eigenvalue weighted by molar-refractivity contribution is -0.131. The number of piperazine rings is 1. The first kappa shape index (κ1) is 16.9. The van der Waals surface area contributed by atoms with E-state index >= 15 is 0 Å². The molecule has 0 aliphatic carbocycles. The molecule has 0 aromatic rings. The van der Waals surface area contributed by atoms with Gasteiger partial charge in [0.1, 0.15) is 0 Å². The molecule has 6 nitrogen and oxygen atoms in total. The molecule has 0 saturated carbocycles. The molecule has 20 heavy (non-hydrogen) atoms. The van der Waals surface area contributed by atoms with Gasteiger partial charge in [-0.05, 0) is 27.1 Å². The van der Waals surface area contributed by atoms with E-state index in [1.54, 1.807) is 6.92 Å². The summed E-state index contributed by atoms with van der Waals surface area (Å²) in [6.07, 6.45) is 1.53. The molecule has 0 aromatic carbocycles. The molecule has 2 amide bonds. The van der Waals surface area contributed by atoms with Crippen LogP contribution in [0.4, 0.5) is 0 Å². The summed E-state index contributed by atoms with van der Waals surface area (Å²) in [6.45, 7) is 7.42. The quantitative estimate of drug-likeness (QED) is 0.647. The van der Waals surface area contributed by atoms with Crippen molar-refractivity contribution in [3.05, 3.63) is 0 Å². The molecule has 1 saturated heterocycles. The van der Waals surface area contributed by atoms with E-state index in [0.29, 0.717) is 6.42 Å². The Bertz CT molecular complexity index is 312. The highest BCUT2D eigenvalue weighted by molar-refractivity contribution is 5.76. The van der Waals surface area contributed by atoms with Gasteiger partial charge < -0.3 is 15.1 Å². The SMILES string of the molecule is CC(=O)N1CCN(CCC(=O)NCCCN(C)C)CC1. The van der Waals surface area contributed by atoms with Gasteiger partial charge in [-0.1, -0.05) is 0 Å². The second kappa shape index (κ2) is 8.92. The van der Waals surface area contributed by atoms with Crippen molar-refractivity contribution in [2.45, 2.75) is 19.8 Å². The fourth-order valence-electron chi connectivity index (χ4n) is 2.26. The first-order valence-electron chi connectivity index (χ1n) is 7.38. The minimum absolute atomic E-state index is 0.123. The average Bonchev–Trinajstić information content (AvgIpc) is 2.41. The van der Waals surface area contributed by atoms with E-state index in [9.17, 15) is 9.59 Å². The van der Waals surface area contributed by atoms with Gasteiger partial charge in [-0.15, -0.1) is 0 Å². The highest BCUT2D eigenvalue weighted by atomic mass is 16.2. The van der Waals surface area contributed by atoms with Gasteiger partial charge in [0.2, 0.25) is 11.8 Å². The first-order valence-corrected chi connectivity index (χ1v) is 7.38. The molecule has 1 fully saturated rings. The van der Waals surface area contributed by atoms with Gasteiger partial charge in [-0.3, -0.25) is 14.5 Å². The largest absolute Gasteiger partial charge is 0.356 e. The third-order valence-corrected chi connectivity index (χ3v) is 3.58. The van der Waals surface area contributed by atoms with Crippen LogP contribution >= 0.6 is 0 Å². The minimum atomic E-state index is 0.123. The monoisotopic (exact) mass is 284 g/mol. The lowest BCUT2D eigenvalue weighted by Crippen LogP contribution is -2.48. The summed E-state index contributed by atoms with van der Waals surface area (Å²) in [4.78, 5) is 29.1. The molecule has 6 heteroatoms. The van der Waals surface area contributed by atoms with Crippen molar-refractivity contribution >= 4 is 11.8 Å². The summed E-state index contributed by atoms with van der Waals surface area (Å²) in [5.74, 6) is 0.265. The van der Waals surface area contributed by atoms with Crippen molar-refractivity contribution in [1.29, 1.82) is 0 Å². The number of hydrogen-bond donors (Lipinski definition) is 1. The Morgan fingerprint density at radius 3 is 2.35 bits per heavy atom. The van der Waals surface area contributed by atoms with Crippen molar-refractivity contribution in [3.8, 4) is 0 Å². The average molecular weight is 284 g/mol. The maximum absolute atomic E-state index is 11.7. The Balaban J connectivity index is 2.06. The highest BCUT2D eigenvalue weighted by Gasteiger charge is 2.18. The van der Waals surface area contributed by atoms with Gasteiger partial charge >= 0.3 is 0 Å². The van der Waals surface area contributed by atoms with Gasteiger partial charge in [0.05, 0.1) is 0 Å². The maximum atomic E-state index is 11.7. The summed E-state index contributed by atoms with van der Waals surface area (Å²) in [7, 11) is 4.06. The first-order chi connectivity index (χ1) is 9.49. The number of amides is 2. The van der Waals surface area contributed by atoms with E-state index in [2.05, 4.69) is 15.1 Å². The smallest absolute Gasteiger partial charge is 0.221 e. The Hall–Kier alpha value is -1.14. The predicted octanol–water partition coefficient (Wildman–Crippen LogP) is -0.391. The summed E-state index contributed by atoms with van der Waals surface area (Å²) in [5.41, 5.74) is 0. The normalized spacial score (nSPS) is 16.5. The van der Waals surface area contributed by atoms with Gasteiger partial charge in [-0.25, -0.2) is 0 Å². The van der Waals surface area contributed by atoms with Gasteiger partial charge in [0, 0.05) is 52.6 Å². The molecule has 1 aliphatic rings. The standard InChI is InChI=1S/C14H28N4O2/c1-13(19)18-11-9-17(10-12-18)8-5-14(20)15-6-4-7-16(2)3/h4-12H2,1-3H3,(H,15,20). The fourth-order valence-corrected chi connectivity index (χ4v) is 2.26. The molecule has 0 unspecified atom stereocenters. The van der Waals surface area contributed by atoms with Crippen LogP contribution in [0.2, 0.25) is 0 Å². The summed E-state index contributed by atoms with van der Waals surface area (Å²) >= 11 is 0. The third kappa shape index (κ3) is 6.86. The molecule has 1 N–H and O–H groups in total. The van der Waals surface area contributed by atoms with Gasteiger partial charge in [0.15, 0.2) is 0 Å². The molecule has 0 aromatic heterocycles. The highest BCUT2D eigenvalue weighted by Crippen LogP contribution is 2.02. The second-order valence-electron chi connectivity index (χ2n) is 5.60. The van der Waals surface area contributed by atoms with E-state index in [4.69, 9.17) is 0 Å². The maximum Gasteiger partial charge on any atom is 0.221 e. The summed E-state index contributed by atoms with van der Waals surface area (Å²) < 4.78 is 0. The zero-order valence-corrected chi connectivity index (χ0v) is 13.0. The Kier molecular flexibility index (Phi) is 7.54. The second-order valence-corrected chi connectivity index (χ2v) is 5.60. The Morgan fingerprint density at radius 1 is 1.15 bits per heavy atom. The number of hydrogen-bond acceptors (Lipinski definition) is 4. The zero-order chi connectivity index (χ0) is 15.0. The van der Waals surface area contributed by atoms with Gasteiger partial charge in [0.25, 0.3) is 0 Å². The number of rotatable bonds is 7. The molecule has 0 bridgehead atoms. The van der Waals surface area contributed by atoms with E-state index < -0.39 is 0 Å². The molecule has 1 heterocycles. The number of carbonyl (C=O) groups is 2. The Labute approximate surface area is 122 Å². The Morgan fingerprint density at radius 2 is 1.80 bits per heavy atom. The predicted molar refractivity (Wildman–Crippen MR) is 79.5 cm³/mol. The van der Waals surface area contributed by atoms with Crippen LogP contribution < -0.4 is 5.32 Å². The number of nitrogens with one attached hydrogen (secondary N) is 1. The molecule has 0 radical (unpaired) electrons. The molecular weight excluding hydrogens is 256 g/mol. The lowest BCUT2D eigenvalue weighted by atomic mass is 10.2. The summed E-state index contributed by atoms with van der Waals surface area (Å²) in [6, 6.07) is 0. The summed E-state index contributed by atoms with van der Waals surface area (Å²) in [5, 5.41) is 2.95. The molecule has 0 atom stereocenters. The van der Waals surface area contributed by atoms with Gasteiger partial charge in [-0.2, -0.15) is 0 Å². The number of carbonyl (C=O) groups excluding carboxylic acids is 2. The van der Waals surface area contributed by atoms with Crippen LogP contribution in [-0.2, 0) is 9.59 Å². The van der Waals surface area contributed by atoms with Crippen LogP contribution in [0.25, 0.3) is 0 Å². The molecular formula is C14H28N4O2. The number of nitrogens with zero attached hydrogens (tertiary/aromatic N) is 3. The van der Waals surface area contributed by atoms with E-state index in [1.165, 1.54) is 0 Å². The van der Waals surface area contributed by atoms with E-state index in [-0.39, 0.29) is 11.8 Å². The van der Waals surface area contributed by atoms with Crippen LogP contribution in [0.15, 0.2) is 0 Å². The third-order valence-electron chi connectivity index (χ3n) is 3.58. The van der Waals surface area contributed by atoms with Crippen LogP contribution in [0.1, 0.15) is 19.8 Å². The molecule has 1 aliphatic heterocycles. The van der Waals surface area contributed by atoms with Crippen molar-refractivity contribution in [2.24, 2.45) is 0 Å². The van der Waals surface area contributed by atoms with E-state index in [1.807, 2.05) is 19.0 Å². The topological polar surface area (TPSA) is 55.9 Å². The van der Waals surface area contributed by atoms with Crippen LogP contribution in [0, 0.1) is 0 Å². The van der Waals surface area contributed by atoms with Crippen LogP contribution in [0.3, 0.4) is 0 Å². The van der Waals surface area contributed by atoms with Crippen LogP contribution in [0.5, 0.6) is 0 Å². The fraction of sp³-hybridized carbons (Fsp3) is 0.857. The minimum Gasteiger partial charge on any atom is -0.356 e. The molecule has 116 valence electrons. The van der Waals surface area contributed by atoms with E-state index in [0.717, 1.165) is 52.2 Å². The van der Waals surface area contributed by atoms with Crippen LogP contribution in [-0.4, -0.2) is 86.4 Å². The zero-order valence-electron chi connectivity index (χ0n) is 13.0. The van der Waals surface area contributed by atoms with Crippen molar-refractivity contribution in [1.82, 2.24) is 20.0 Å². The molecule has 1 rings (SSSR count). The lowest BCUT2D eigenvalue weighted by Gasteiger charge is -2.34.